The van der Waals surface area contributed by atoms with E-state index in [0.29, 0.717) is 29.8 Å². The highest BCUT2D eigenvalue weighted by Crippen LogP contribution is 2.32. The van der Waals surface area contributed by atoms with Crippen LogP contribution in [-0.2, 0) is 19.1 Å². The lowest BCUT2D eigenvalue weighted by Crippen LogP contribution is -2.57. The Bertz CT molecular complexity index is 925. The van der Waals surface area contributed by atoms with Crippen LogP contribution in [0.2, 0.25) is 5.02 Å². The monoisotopic (exact) mass is 463 g/mol. The van der Waals surface area contributed by atoms with Crippen molar-refractivity contribution in [2.45, 2.75) is 75.4 Å². The fourth-order valence-electron chi connectivity index (χ4n) is 4.74. The van der Waals surface area contributed by atoms with Gasteiger partial charge in [-0.15, -0.1) is 0 Å². The number of carbonyl (C=O) groups is 4. The molecular weight excluding hydrogens is 438 g/mol. The van der Waals surface area contributed by atoms with Gasteiger partial charge in [-0.1, -0.05) is 30.5 Å². The minimum absolute atomic E-state index is 0.0875. The molecule has 1 aromatic carbocycles. The van der Waals surface area contributed by atoms with E-state index in [1.165, 1.54) is 6.07 Å². The third-order valence-corrected chi connectivity index (χ3v) is 6.58. The molecule has 3 saturated heterocycles. The Morgan fingerprint density at radius 2 is 1.88 bits per heavy atom. The number of nitrogens with one attached hydrogen (secondary N) is 2. The maximum absolute atomic E-state index is 13.5. The van der Waals surface area contributed by atoms with Crippen LogP contribution in [-0.4, -0.2) is 64.2 Å². The van der Waals surface area contributed by atoms with Gasteiger partial charge >= 0.3 is 5.97 Å². The number of cyclic esters (lactones) is 1. The molecule has 0 aliphatic carbocycles. The Kier molecular flexibility index (Phi) is 6.66. The number of nitrogens with zero attached hydrogens (tertiary/aromatic N) is 1. The van der Waals surface area contributed by atoms with Crippen LogP contribution >= 0.6 is 11.6 Å². The number of halogens is 1. The van der Waals surface area contributed by atoms with Crippen molar-refractivity contribution < 1.29 is 29.0 Å². The van der Waals surface area contributed by atoms with Gasteiger partial charge < -0.3 is 25.4 Å². The number of benzene rings is 1. The van der Waals surface area contributed by atoms with E-state index >= 15 is 0 Å². The number of hydrogen-bond donors (Lipinski definition) is 3. The van der Waals surface area contributed by atoms with Gasteiger partial charge in [-0.25, -0.2) is 0 Å². The number of amides is 3. The van der Waals surface area contributed by atoms with Gasteiger partial charge in [-0.3, -0.25) is 19.2 Å². The van der Waals surface area contributed by atoms with E-state index in [0.717, 1.165) is 19.3 Å². The van der Waals surface area contributed by atoms with Gasteiger partial charge in [-0.2, -0.15) is 0 Å². The van der Waals surface area contributed by atoms with Gasteiger partial charge in [0, 0.05) is 16.6 Å². The number of rotatable bonds is 4. The van der Waals surface area contributed by atoms with Crippen LogP contribution < -0.4 is 10.6 Å². The van der Waals surface area contributed by atoms with Gasteiger partial charge in [0.1, 0.15) is 18.1 Å². The Hall–Kier alpha value is -2.65. The molecule has 3 N–H and O–H groups in total. The molecule has 10 heteroatoms. The van der Waals surface area contributed by atoms with Crippen LogP contribution in [0.4, 0.5) is 0 Å². The average Bonchev–Trinajstić information content (AvgIpc) is 3.30. The number of carbonyl (C=O) groups excluding carboxylic acids is 4. The summed E-state index contributed by atoms with van der Waals surface area (Å²) < 4.78 is 4.68. The third kappa shape index (κ3) is 4.73. The summed E-state index contributed by atoms with van der Waals surface area (Å²) in [6, 6.07) is 4.10. The van der Waals surface area contributed by atoms with Crippen LogP contribution in [0, 0.1) is 0 Å². The number of hydrogen-bond acceptors (Lipinski definition) is 6. The van der Waals surface area contributed by atoms with E-state index in [1.807, 2.05) is 0 Å². The van der Waals surface area contributed by atoms with Crippen molar-refractivity contribution in [3.8, 4) is 0 Å². The van der Waals surface area contributed by atoms with Crippen LogP contribution in [0.3, 0.4) is 0 Å². The molecule has 3 amide bonds. The molecule has 0 saturated carbocycles. The van der Waals surface area contributed by atoms with Crippen molar-refractivity contribution in [3.05, 3.63) is 34.9 Å². The minimum Gasteiger partial charge on any atom is -0.434 e. The molecule has 3 aliphatic heterocycles. The van der Waals surface area contributed by atoms with Crippen LogP contribution in [0.15, 0.2) is 24.3 Å². The lowest BCUT2D eigenvalue weighted by molar-refractivity contribution is -0.155. The molecule has 172 valence electrons. The number of esters is 1. The summed E-state index contributed by atoms with van der Waals surface area (Å²) in [4.78, 5) is 52.1. The van der Waals surface area contributed by atoms with E-state index in [9.17, 15) is 24.3 Å². The van der Waals surface area contributed by atoms with Crippen LogP contribution in [0.5, 0.6) is 0 Å². The first-order valence-electron chi connectivity index (χ1n) is 10.9. The minimum atomic E-state index is -1.39. The molecule has 32 heavy (non-hydrogen) atoms. The van der Waals surface area contributed by atoms with Crippen molar-refractivity contribution in [3.63, 3.8) is 0 Å². The molecule has 2 unspecified atom stereocenters. The number of ether oxygens (including phenoxy) is 1. The molecule has 3 fully saturated rings. The summed E-state index contributed by atoms with van der Waals surface area (Å²) in [5.41, 5.74) is 0.361. The quantitative estimate of drug-likeness (QED) is 0.575. The lowest BCUT2D eigenvalue weighted by Gasteiger charge is -2.35. The molecule has 3 aliphatic rings. The predicted molar refractivity (Wildman–Crippen MR) is 113 cm³/mol. The fourth-order valence-corrected chi connectivity index (χ4v) is 4.93. The summed E-state index contributed by atoms with van der Waals surface area (Å²) >= 11 is 5.98. The maximum atomic E-state index is 13.5. The number of aliphatic hydroxyl groups excluding tert-OH is 1. The normalized spacial score (nSPS) is 30.2. The molecule has 4 rings (SSSR count). The molecule has 9 nitrogen and oxygen atoms in total. The second kappa shape index (κ2) is 9.46. The summed E-state index contributed by atoms with van der Waals surface area (Å²) in [5, 5.41) is 15.7. The van der Waals surface area contributed by atoms with Gasteiger partial charge in [0.25, 0.3) is 5.91 Å². The Balaban J connectivity index is 1.48. The molecule has 0 spiro atoms. The maximum Gasteiger partial charge on any atom is 0.310 e. The van der Waals surface area contributed by atoms with Gasteiger partial charge in [0.2, 0.25) is 18.1 Å². The zero-order valence-corrected chi connectivity index (χ0v) is 18.2. The number of fused-ring (bicyclic) bond motifs is 1. The fraction of sp³-hybridized carbons (Fsp3) is 0.545. The molecule has 0 aromatic heterocycles. The molecule has 5 atom stereocenters. The second-order valence-electron chi connectivity index (χ2n) is 8.51. The van der Waals surface area contributed by atoms with Crippen molar-refractivity contribution in [1.29, 1.82) is 0 Å². The number of aliphatic hydroxyl groups is 1. The van der Waals surface area contributed by atoms with Gasteiger partial charge in [0.05, 0.1) is 6.42 Å². The highest BCUT2D eigenvalue weighted by molar-refractivity contribution is 6.31. The van der Waals surface area contributed by atoms with E-state index in [4.69, 9.17) is 11.6 Å². The van der Waals surface area contributed by atoms with E-state index in [1.54, 1.807) is 23.1 Å². The van der Waals surface area contributed by atoms with Gasteiger partial charge in [0.15, 0.2) is 0 Å². The second-order valence-corrected chi connectivity index (χ2v) is 8.95. The van der Waals surface area contributed by atoms with Crippen molar-refractivity contribution in [1.82, 2.24) is 15.5 Å². The topological polar surface area (TPSA) is 125 Å². The largest absolute Gasteiger partial charge is 0.434 e. The Morgan fingerprint density at radius 3 is 2.59 bits per heavy atom. The predicted octanol–water partition coefficient (Wildman–Crippen LogP) is 1.12. The van der Waals surface area contributed by atoms with Crippen molar-refractivity contribution >= 4 is 35.3 Å². The van der Waals surface area contributed by atoms with Crippen molar-refractivity contribution in [2.75, 3.05) is 0 Å². The van der Waals surface area contributed by atoms with Crippen LogP contribution in [0.25, 0.3) is 0 Å². The molecular formula is C22H26ClN3O6. The highest BCUT2D eigenvalue weighted by Gasteiger charge is 2.45. The first kappa shape index (κ1) is 22.5. The molecule has 1 aromatic rings. The smallest absolute Gasteiger partial charge is 0.310 e. The zero-order valence-electron chi connectivity index (χ0n) is 17.5. The third-order valence-electron chi connectivity index (χ3n) is 6.34. The Labute approximate surface area is 190 Å². The van der Waals surface area contributed by atoms with E-state index < -0.39 is 42.2 Å². The first-order chi connectivity index (χ1) is 15.3. The summed E-state index contributed by atoms with van der Waals surface area (Å²) in [5.74, 6) is -1.70. The van der Waals surface area contributed by atoms with Crippen LogP contribution in [0.1, 0.15) is 55.3 Å². The van der Waals surface area contributed by atoms with E-state index in [-0.39, 0.29) is 18.4 Å². The summed E-state index contributed by atoms with van der Waals surface area (Å²) in [7, 11) is 0. The zero-order chi connectivity index (χ0) is 22.8. The lowest BCUT2D eigenvalue weighted by atomic mass is 9.98. The summed E-state index contributed by atoms with van der Waals surface area (Å²) in [6.45, 7) is 0. The molecule has 0 radical (unpaired) electrons. The molecule has 0 bridgehead atoms. The van der Waals surface area contributed by atoms with Gasteiger partial charge in [-0.05, 0) is 43.9 Å². The SMILES string of the molecule is O=C1CC(NC(=O)[C@@H]2CC[C@@H]3CCCC[C@H](NC(=O)c4cccc(Cl)c4)C(=O)N32)C(O)O1. The average molecular weight is 464 g/mol. The highest BCUT2D eigenvalue weighted by atomic mass is 35.5. The standard InChI is InChI=1S/C22H26ClN3O6/c23-13-5-3-4-12(10-13)19(28)24-15-7-2-1-6-14-8-9-17(26(14)21(15)30)20(29)25-16-11-18(27)32-22(16)31/h3-5,10,14-17,22,31H,1-2,6-9,11H2,(H,24,28)(H,25,29)/t14-,15-,16?,17-,22?/m0/s1. The summed E-state index contributed by atoms with van der Waals surface area (Å²) in [6.07, 6.45) is 2.60. The van der Waals surface area contributed by atoms with Crippen molar-refractivity contribution in [2.24, 2.45) is 0 Å². The molecule has 3 heterocycles. The first-order valence-corrected chi connectivity index (χ1v) is 11.3. The Morgan fingerprint density at radius 1 is 1.09 bits per heavy atom. The van der Waals surface area contributed by atoms with E-state index in [2.05, 4.69) is 15.4 Å².